The van der Waals surface area contributed by atoms with Crippen LogP contribution in [-0.2, 0) is 10.2 Å². The van der Waals surface area contributed by atoms with Crippen molar-refractivity contribution in [3.05, 3.63) is 22.4 Å². The van der Waals surface area contributed by atoms with Gasteiger partial charge in [-0.05, 0) is 24.4 Å². The fourth-order valence-electron chi connectivity index (χ4n) is 2.48. The molecule has 0 aromatic carbocycles. The van der Waals surface area contributed by atoms with Crippen LogP contribution in [0.25, 0.3) is 0 Å². The van der Waals surface area contributed by atoms with Gasteiger partial charge in [0.1, 0.15) is 0 Å². The predicted molar refractivity (Wildman–Crippen MR) is 76.3 cm³/mol. The number of thiophene rings is 1. The number of hydrogen-bond donors (Lipinski definition) is 2. The summed E-state index contributed by atoms with van der Waals surface area (Å²) >= 11 is 1.53. The van der Waals surface area contributed by atoms with E-state index < -0.39 is 17.5 Å². The summed E-state index contributed by atoms with van der Waals surface area (Å²) in [6.45, 7) is 3.87. The number of hydrogen-bond acceptors (Lipinski definition) is 3. The molecule has 0 spiro atoms. The summed E-state index contributed by atoms with van der Waals surface area (Å²) < 4.78 is 39.8. The summed E-state index contributed by atoms with van der Waals surface area (Å²) in [6, 6.07) is 3.81. The summed E-state index contributed by atoms with van der Waals surface area (Å²) in [6.07, 6.45) is -4.74. The fourth-order valence-corrected chi connectivity index (χ4v) is 3.33. The lowest BCUT2D eigenvalue weighted by atomic mass is 9.84. The number of alkyl halides is 3. The standard InChI is InChI=1S/C14H19F3N2OS/c1-12(2,10-4-3-7-21-10)8-19-11(20)13(14(15,16)17)5-6-18-9-13/h3-4,7,18H,5-6,8-9H2,1-2H3,(H,19,20). The molecule has 0 saturated carbocycles. The largest absolute Gasteiger partial charge is 0.404 e. The third kappa shape index (κ3) is 3.08. The average Bonchev–Trinajstić information content (AvgIpc) is 3.05. The van der Waals surface area contributed by atoms with E-state index in [0.29, 0.717) is 0 Å². The van der Waals surface area contributed by atoms with Gasteiger partial charge in [-0.2, -0.15) is 13.2 Å². The Morgan fingerprint density at radius 2 is 2.19 bits per heavy atom. The highest BCUT2D eigenvalue weighted by atomic mass is 32.1. The number of rotatable bonds is 4. The maximum Gasteiger partial charge on any atom is 0.404 e. The van der Waals surface area contributed by atoms with Crippen LogP contribution >= 0.6 is 11.3 Å². The first-order chi connectivity index (χ1) is 9.69. The van der Waals surface area contributed by atoms with Crippen LogP contribution in [0.2, 0.25) is 0 Å². The monoisotopic (exact) mass is 320 g/mol. The highest BCUT2D eigenvalue weighted by Crippen LogP contribution is 2.43. The zero-order valence-corrected chi connectivity index (χ0v) is 12.8. The summed E-state index contributed by atoms with van der Waals surface area (Å²) in [5, 5.41) is 7.07. The van der Waals surface area contributed by atoms with Crippen molar-refractivity contribution in [2.45, 2.75) is 31.9 Å². The van der Waals surface area contributed by atoms with E-state index in [1.807, 2.05) is 31.4 Å². The van der Waals surface area contributed by atoms with Crippen LogP contribution in [0.5, 0.6) is 0 Å². The van der Waals surface area contributed by atoms with Crippen LogP contribution in [0.15, 0.2) is 17.5 Å². The highest BCUT2D eigenvalue weighted by molar-refractivity contribution is 7.10. The lowest BCUT2D eigenvalue weighted by Crippen LogP contribution is -2.53. The Morgan fingerprint density at radius 3 is 2.67 bits per heavy atom. The number of carbonyl (C=O) groups excluding carboxylic acids is 1. The van der Waals surface area contributed by atoms with E-state index in [0.717, 1.165) is 4.88 Å². The smallest absolute Gasteiger partial charge is 0.354 e. The summed E-state index contributed by atoms with van der Waals surface area (Å²) in [5.41, 5.74) is -2.68. The molecule has 7 heteroatoms. The van der Waals surface area contributed by atoms with Crippen molar-refractivity contribution in [3.8, 4) is 0 Å². The molecule has 118 valence electrons. The normalized spacial score (nSPS) is 23.3. The number of halogens is 3. The van der Waals surface area contributed by atoms with E-state index >= 15 is 0 Å². The van der Waals surface area contributed by atoms with Crippen LogP contribution in [-0.4, -0.2) is 31.7 Å². The Bertz CT molecular complexity index is 491. The first-order valence-corrected chi connectivity index (χ1v) is 7.67. The molecular formula is C14H19F3N2OS. The SMILES string of the molecule is CC(C)(CNC(=O)C1(C(F)(F)F)CCNC1)c1cccs1. The van der Waals surface area contributed by atoms with Gasteiger partial charge >= 0.3 is 6.18 Å². The molecule has 0 radical (unpaired) electrons. The van der Waals surface area contributed by atoms with Crippen LogP contribution < -0.4 is 10.6 Å². The second-order valence-electron chi connectivity index (χ2n) is 6.05. The molecule has 3 nitrogen and oxygen atoms in total. The first kappa shape index (κ1) is 16.3. The molecule has 1 aromatic rings. The molecule has 21 heavy (non-hydrogen) atoms. The molecule has 0 bridgehead atoms. The van der Waals surface area contributed by atoms with Gasteiger partial charge in [0.25, 0.3) is 0 Å². The molecule has 1 aliphatic heterocycles. The van der Waals surface area contributed by atoms with Crippen molar-refractivity contribution in [1.82, 2.24) is 10.6 Å². The molecule has 2 heterocycles. The minimum absolute atomic E-state index is 0.185. The Labute approximate surface area is 125 Å². The van der Waals surface area contributed by atoms with Gasteiger partial charge in [-0.25, -0.2) is 0 Å². The minimum atomic E-state index is -4.53. The molecule has 0 aliphatic carbocycles. The van der Waals surface area contributed by atoms with Crippen LogP contribution in [0.1, 0.15) is 25.1 Å². The lowest BCUT2D eigenvalue weighted by molar-refractivity contribution is -0.216. The number of amides is 1. The second kappa shape index (κ2) is 5.61. The Kier molecular flexibility index (Phi) is 4.35. The summed E-state index contributed by atoms with van der Waals surface area (Å²) in [7, 11) is 0. The Morgan fingerprint density at radius 1 is 1.48 bits per heavy atom. The first-order valence-electron chi connectivity index (χ1n) is 6.79. The average molecular weight is 320 g/mol. The molecular weight excluding hydrogens is 301 g/mol. The zero-order chi connectivity index (χ0) is 15.7. The quantitative estimate of drug-likeness (QED) is 0.895. The van der Waals surface area contributed by atoms with Gasteiger partial charge in [0.2, 0.25) is 5.91 Å². The molecule has 1 saturated heterocycles. The maximum absolute atomic E-state index is 13.3. The van der Waals surface area contributed by atoms with Crippen molar-refractivity contribution in [2.24, 2.45) is 5.41 Å². The molecule has 1 fully saturated rings. The summed E-state index contributed by atoms with van der Waals surface area (Å²) in [4.78, 5) is 13.2. The van der Waals surface area contributed by atoms with Gasteiger partial charge in [-0.1, -0.05) is 19.9 Å². The van der Waals surface area contributed by atoms with E-state index in [9.17, 15) is 18.0 Å². The molecule has 1 amide bonds. The maximum atomic E-state index is 13.3. The molecule has 2 N–H and O–H groups in total. The van der Waals surface area contributed by atoms with E-state index in [1.165, 1.54) is 11.3 Å². The molecule has 1 aromatic heterocycles. The topological polar surface area (TPSA) is 41.1 Å². The third-order valence-corrected chi connectivity index (χ3v) is 5.25. The van der Waals surface area contributed by atoms with Crippen molar-refractivity contribution >= 4 is 17.2 Å². The molecule has 1 atom stereocenters. The van der Waals surface area contributed by atoms with Gasteiger partial charge in [-0.3, -0.25) is 4.79 Å². The lowest BCUT2D eigenvalue weighted by Gasteiger charge is -2.31. The zero-order valence-electron chi connectivity index (χ0n) is 12.0. The van der Waals surface area contributed by atoms with Crippen LogP contribution in [0.3, 0.4) is 0 Å². The van der Waals surface area contributed by atoms with Gasteiger partial charge < -0.3 is 10.6 Å². The van der Waals surface area contributed by atoms with Crippen molar-refractivity contribution in [1.29, 1.82) is 0 Å². The second-order valence-corrected chi connectivity index (χ2v) is 7.00. The van der Waals surface area contributed by atoms with Gasteiger partial charge in [0.05, 0.1) is 0 Å². The van der Waals surface area contributed by atoms with Gasteiger partial charge in [0, 0.05) is 23.4 Å². The van der Waals surface area contributed by atoms with E-state index in [-0.39, 0.29) is 31.5 Å². The molecule has 1 aliphatic rings. The summed E-state index contributed by atoms with van der Waals surface area (Å²) in [5.74, 6) is -0.926. The Balaban J connectivity index is 2.07. The van der Waals surface area contributed by atoms with Crippen molar-refractivity contribution in [2.75, 3.05) is 19.6 Å². The van der Waals surface area contributed by atoms with Gasteiger partial charge in [0.15, 0.2) is 5.41 Å². The fraction of sp³-hybridized carbons (Fsp3) is 0.643. The molecule has 1 unspecified atom stereocenters. The van der Waals surface area contributed by atoms with E-state index in [1.54, 1.807) is 0 Å². The Hall–Kier alpha value is -1.08. The molecule has 2 rings (SSSR count). The predicted octanol–water partition coefficient (Wildman–Crippen LogP) is 2.68. The third-order valence-electron chi connectivity index (χ3n) is 4.01. The number of nitrogens with one attached hydrogen (secondary N) is 2. The van der Waals surface area contributed by atoms with E-state index in [2.05, 4.69) is 10.6 Å². The van der Waals surface area contributed by atoms with Crippen LogP contribution in [0.4, 0.5) is 13.2 Å². The van der Waals surface area contributed by atoms with Crippen molar-refractivity contribution in [3.63, 3.8) is 0 Å². The minimum Gasteiger partial charge on any atom is -0.354 e. The number of carbonyl (C=O) groups is 1. The van der Waals surface area contributed by atoms with E-state index in [4.69, 9.17) is 0 Å². The highest BCUT2D eigenvalue weighted by Gasteiger charge is 2.61. The van der Waals surface area contributed by atoms with Crippen LogP contribution in [0, 0.1) is 5.41 Å². The van der Waals surface area contributed by atoms with Crippen molar-refractivity contribution < 1.29 is 18.0 Å². The van der Waals surface area contributed by atoms with Gasteiger partial charge in [-0.15, -0.1) is 11.3 Å².